The predicted octanol–water partition coefficient (Wildman–Crippen LogP) is 6.89. The minimum absolute atomic E-state index is 0.0398. The maximum atomic E-state index is 13.6. The Bertz CT molecular complexity index is 1500. The van der Waals surface area contributed by atoms with Crippen LogP contribution < -0.4 is 0 Å². The van der Waals surface area contributed by atoms with Crippen LogP contribution in [-0.4, -0.2) is 20.5 Å². The fraction of sp³-hybridized carbons (Fsp3) is 0.115. The van der Waals surface area contributed by atoms with Gasteiger partial charge < -0.3 is 8.98 Å². The Morgan fingerprint density at radius 3 is 2.52 bits per heavy atom. The molecule has 0 saturated carbocycles. The number of halogens is 2. The summed E-state index contributed by atoms with van der Waals surface area (Å²) in [5.41, 5.74) is 4.98. The smallest absolute Gasteiger partial charge is 0.289 e. The molecule has 2 aromatic heterocycles. The van der Waals surface area contributed by atoms with Crippen molar-refractivity contribution in [2.45, 2.75) is 20.4 Å². The molecular weight excluding hydrogens is 457 g/mol. The second-order valence-electron chi connectivity index (χ2n) is 7.91. The van der Waals surface area contributed by atoms with E-state index in [-0.39, 0.29) is 11.7 Å². The molecule has 0 bridgehead atoms. The van der Waals surface area contributed by atoms with Crippen molar-refractivity contribution in [2.24, 2.45) is 0 Å². The molecule has 5 aromatic rings. The van der Waals surface area contributed by atoms with Crippen LogP contribution in [0.25, 0.3) is 22.4 Å². The van der Waals surface area contributed by atoms with Crippen molar-refractivity contribution in [3.05, 3.63) is 105 Å². The molecule has 0 radical (unpaired) electrons. The zero-order valence-corrected chi connectivity index (χ0v) is 19.5. The van der Waals surface area contributed by atoms with Crippen LogP contribution in [0.1, 0.15) is 33.1 Å². The molecule has 7 heteroatoms. The van der Waals surface area contributed by atoms with Gasteiger partial charge in [-0.1, -0.05) is 59.1 Å². The summed E-state index contributed by atoms with van der Waals surface area (Å²) in [5, 5.41) is 10.1. The Balaban J connectivity index is 1.61. The van der Waals surface area contributed by atoms with E-state index < -0.39 is 0 Å². The van der Waals surface area contributed by atoms with Crippen molar-refractivity contribution >= 4 is 39.9 Å². The standard InChI is InChI=1S/C26H19Cl2N3O2/c1-15-8-11-22-20(12-15)23(16(2)31(22)14-18-9-10-19(27)13-21(18)28)24(32)26-30-29-25(33-26)17-6-4-3-5-7-17/h3-13H,14H2,1-2H3. The molecule has 0 unspecified atom stereocenters. The molecule has 0 aliphatic rings. The third kappa shape index (κ3) is 3.94. The van der Waals surface area contributed by atoms with Gasteiger partial charge in [-0.15, -0.1) is 10.2 Å². The van der Waals surface area contributed by atoms with Gasteiger partial charge in [-0.2, -0.15) is 0 Å². The second kappa shape index (κ2) is 8.50. The summed E-state index contributed by atoms with van der Waals surface area (Å²) in [6.45, 7) is 4.41. The van der Waals surface area contributed by atoms with E-state index in [1.165, 1.54) is 0 Å². The Morgan fingerprint density at radius 1 is 0.970 bits per heavy atom. The van der Waals surface area contributed by atoms with Crippen LogP contribution in [0.2, 0.25) is 10.0 Å². The number of carbonyl (C=O) groups is 1. The highest BCUT2D eigenvalue weighted by Gasteiger charge is 2.26. The number of benzene rings is 3. The molecule has 0 fully saturated rings. The van der Waals surface area contributed by atoms with Gasteiger partial charge >= 0.3 is 0 Å². The summed E-state index contributed by atoms with van der Waals surface area (Å²) in [6, 6.07) is 20.9. The quantitative estimate of drug-likeness (QED) is 0.259. The highest BCUT2D eigenvalue weighted by Crippen LogP contribution is 2.32. The third-order valence-corrected chi connectivity index (χ3v) is 6.28. The van der Waals surface area contributed by atoms with Gasteiger partial charge in [-0.3, -0.25) is 4.79 Å². The summed E-state index contributed by atoms with van der Waals surface area (Å²) in [4.78, 5) is 13.6. The molecule has 0 aliphatic carbocycles. The van der Waals surface area contributed by atoms with Crippen molar-refractivity contribution in [3.63, 3.8) is 0 Å². The summed E-state index contributed by atoms with van der Waals surface area (Å²) in [5.74, 6) is -0.0368. The average molecular weight is 476 g/mol. The van der Waals surface area contributed by atoms with Crippen LogP contribution in [-0.2, 0) is 6.54 Å². The molecule has 5 rings (SSSR count). The first-order chi connectivity index (χ1) is 15.9. The summed E-state index contributed by atoms with van der Waals surface area (Å²) < 4.78 is 7.84. The minimum Gasteiger partial charge on any atom is -0.413 e. The van der Waals surface area contributed by atoms with E-state index in [4.69, 9.17) is 27.6 Å². The van der Waals surface area contributed by atoms with Gasteiger partial charge in [0.1, 0.15) is 0 Å². The van der Waals surface area contributed by atoms with E-state index in [0.29, 0.717) is 28.0 Å². The van der Waals surface area contributed by atoms with Gasteiger partial charge in [0.05, 0.1) is 5.56 Å². The van der Waals surface area contributed by atoms with E-state index >= 15 is 0 Å². The van der Waals surface area contributed by atoms with Crippen molar-refractivity contribution in [1.82, 2.24) is 14.8 Å². The lowest BCUT2D eigenvalue weighted by atomic mass is 10.0. The Morgan fingerprint density at radius 2 is 1.76 bits per heavy atom. The zero-order chi connectivity index (χ0) is 23.1. The van der Waals surface area contributed by atoms with Crippen molar-refractivity contribution in [2.75, 3.05) is 0 Å². The Kier molecular flexibility index (Phi) is 5.52. The number of hydrogen-bond acceptors (Lipinski definition) is 4. The third-order valence-electron chi connectivity index (χ3n) is 5.69. The lowest BCUT2D eigenvalue weighted by Crippen LogP contribution is -2.07. The van der Waals surface area contributed by atoms with E-state index in [9.17, 15) is 4.79 Å². The normalized spacial score (nSPS) is 11.3. The Hall–Kier alpha value is -3.41. The zero-order valence-electron chi connectivity index (χ0n) is 18.0. The first-order valence-electron chi connectivity index (χ1n) is 10.4. The molecule has 164 valence electrons. The van der Waals surface area contributed by atoms with E-state index in [1.54, 1.807) is 6.07 Å². The van der Waals surface area contributed by atoms with Crippen LogP contribution >= 0.6 is 23.2 Å². The van der Waals surface area contributed by atoms with E-state index in [2.05, 4.69) is 14.8 Å². The van der Waals surface area contributed by atoms with Crippen molar-refractivity contribution < 1.29 is 9.21 Å². The molecule has 0 amide bonds. The molecule has 33 heavy (non-hydrogen) atoms. The summed E-state index contributed by atoms with van der Waals surface area (Å²) in [6.07, 6.45) is 0. The molecule has 2 heterocycles. The predicted molar refractivity (Wildman–Crippen MR) is 130 cm³/mol. The van der Waals surface area contributed by atoms with Crippen LogP contribution in [0.3, 0.4) is 0 Å². The van der Waals surface area contributed by atoms with Gasteiger partial charge in [-0.05, 0) is 55.8 Å². The second-order valence-corrected chi connectivity index (χ2v) is 8.75. The Labute approximate surface area is 200 Å². The highest BCUT2D eigenvalue weighted by atomic mass is 35.5. The molecule has 0 spiro atoms. The van der Waals surface area contributed by atoms with Gasteiger partial charge in [0.15, 0.2) is 0 Å². The number of hydrogen-bond donors (Lipinski definition) is 0. The number of rotatable bonds is 5. The largest absolute Gasteiger partial charge is 0.413 e. The lowest BCUT2D eigenvalue weighted by molar-refractivity contribution is 0.100. The average Bonchev–Trinajstić information content (AvgIpc) is 3.39. The topological polar surface area (TPSA) is 60.9 Å². The minimum atomic E-state index is -0.307. The molecule has 0 aliphatic heterocycles. The maximum absolute atomic E-state index is 13.6. The fourth-order valence-electron chi connectivity index (χ4n) is 4.03. The van der Waals surface area contributed by atoms with Crippen molar-refractivity contribution in [1.29, 1.82) is 0 Å². The molecular formula is C26H19Cl2N3O2. The molecule has 0 atom stereocenters. The fourth-order valence-corrected chi connectivity index (χ4v) is 4.49. The van der Waals surface area contributed by atoms with E-state index in [0.717, 1.165) is 33.3 Å². The van der Waals surface area contributed by atoms with E-state index in [1.807, 2.05) is 74.5 Å². The number of aryl methyl sites for hydroxylation is 1. The highest BCUT2D eigenvalue weighted by molar-refractivity contribution is 6.35. The number of nitrogens with zero attached hydrogens (tertiary/aromatic N) is 3. The van der Waals surface area contributed by atoms with Gasteiger partial charge in [0, 0.05) is 38.8 Å². The first kappa shape index (κ1) is 21.4. The van der Waals surface area contributed by atoms with Gasteiger partial charge in [0.2, 0.25) is 5.89 Å². The number of ketones is 1. The van der Waals surface area contributed by atoms with Crippen LogP contribution in [0, 0.1) is 13.8 Å². The van der Waals surface area contributed by atoms with Crippen LogP contribution in [0.15, 0.2) is 71.1 Å². The monoisotopic (exact) mass is 475 g/mol. The summed E-state index contributed by atoms with van der Waals surface area (Å²) in [7, 11) is 0. The van der Waals surface area contributed by atoms with Gasteiger partial charge in [0.25, 0.3) is 11.7 Å². The molecule has 3 aromatic carbocycles. The van der Waals surface area contributed by atoms with Crippen molar-refractivity contribution in [3.8, 4) is 11.5 Å². The first-order valence-corrected chi connectivity index (χ1v) is 11.1. The van der Waals surface area contributed by atoms with Gasteiger partial charge in [-0.25, -0.2) is 0 Å². The number of aromatic nitrogens is 3. The van der Waals surface area contributed by atoms with Crippen LogP contribution in [0.4, 0.5) is 0 Å². The molecule has 0 N–H and O–H groups in total. The SMILES string of the molecule is Cc1ccc2c(c1)c(C(=O)c1nnc(-c3ccccc3)o1)c(C)n2Cc1ccc(Cl)cc1Cl. The summed E-state index contributed by atoms with van der Waals surface area (Å²) >= 11 is 12.5. The maximum Gasteiger partial charge on any atom is 0.289 e. The number of carbonyl (C=O) groups excluding carboxylic acids is 1. The number of fused-ring (bicyclic) bond motifs is 1. The molecule has 5 nitrogen and oxygen atoms in total. The lowest BCUT2D eigenvalue weighted by Gasteiger charge is -2.11. The van der Waals surface area contributed by atoms with Crippen LogP contribution in [0.5, 0.6) is 0 Å². The molecule has 0 saturated heterocycles.